The van der Waals surface area contributed by atoms with Crippen molar-refractivity contribution in [2.24, 2.45) is 0 Å². The fourth-order valence-electron chi connectivity index (χ4n) is 2.81. The standard InChI is InChI=1S/C19H21NO2S3/c1-6-22-17(21)14-9-24-18(25-14)15-12-7-10(2)11(3)8-13(12)20-19(4,5)16(15)23/h7-9,20H,6H2,1-5H3. The molecule has 0 unspecified atom stereocenters. The zero-order chi connectivity index (χ0) is 18.4. The Kier molecular flexibility index (Phi) is 5.06. The average molecular weight is 392 g/mol. The van der Waals surface area contributed by atoms with Gasteiger partial charge in [0.1, 0.15) is 4.91 Å². The zero-order valence-electron chi connectivity index (χ0n) is 15.0. The first-order valence-electron chi connectivity index (χ1n) is 8.15. The van der Waals surface area contributed by atoms with Crippen LogP contribution in [0.5, 0.6) is 0 Å². The largest absolute Gasteiger partial charge is 0.462 e. The number of anilines is 1. The molecule has 0 radical (unpaired) electrons. The SMILES string of the molecule is CCOC(=O)C1=CSC(=C2C(=S)C(C)(C)Nc3cc(C)c(C)cc32)S1. The Morgan fingerprint density at radius 2 is 1.96 bits per heavy atom. The zero-order valence-corrected chi connectivity index (χ0v) is 17.4. The van der Waals surface area contributed by atoms with Gasteiger partial charge >= 0.3 is 5.97 Å². The Bertz CT molecular complexity index is 837. The molecule has 1 N–H and O–H groups in total. The lowest BCUT2D eigenvalue weighted by atomic mass is 9.84. The number of aryl methyl sites for hydroxylation is 2. The molecule has 0 saturated heterocycles. The Morgan fingerprint density at radius 3 is 2.64 bits per heavy atom. The summed E-state index contributed by atoms with van der Waals surface area (Å²) < 4.78 is 6.17. The van der Waals surface area contributed by atoms with Crippen LogP contribution >= 0.6 is 35.7 Å². The van der Waals surface area contributed by atoms with Crippen LogP contribution < -0.4 is 5.32 Å². The monoisotopic (exact) mass is 391 g/mol. The van der Waals surface area contributed by atoms with Gasteiger partial charge in [-0.15, -0.1) is 0 Å². The molecule has 0 bridgehead atoms. The van der Waals surface area contributed by atoms with Crippen LogP contribution in [0.3, 0.4) is 0 Å². The highest BCUT2D eigenvalue weighted by molar-refractivity contribution is 8.28. The van der Waals surface area contributed by atoms with Gasteiger partial charge in [0.05, 0.1) is 16.4 Å². The number of fused-ring (bicyclic) bond motifs is 1. The number of rotatable bonds is 2. The molecule has 25 heavy (non-hydrogen) atoms. The number of hydrogen-bond donors (Lipinski definition) is 1. The number of thioether (sulfide) groups is 2. The quantitative estimate of drug-likeness (QED) is 0.412. The molecule has 0 aliphatic carbocycles. The molecular formula is C19H21NO2S3. The second-order valence-corrected chi connectivity index (χ2v) is 9.24. The third-order valence-corrected chi connectivity index (χ3v) is 7.37. The van der Waals surface area contributed by atoms with Gasteiger partial charge in [0.2, 0.25) is 0 Å². The van der Waals surface area contributed by atoms with Gasteiger partial charge in [-0.3, -0.25) is 0 Å². The lowest BCUT2D eigenvalue weighted by Gasteiger charge is -2.37. The van der Waals surface area contributed by atoms with E-state index in [0.717, 1.165) is 25.9 Å². The summed E-state index contributed by atoms with van der Waals surface area (Å²) in [6.45, 7) is 10.6. The van der Waals surface area contributed by atoms with Gasteiger partial charge in [-0.1, -0.05) is 35.7 Å². The van der Waals surface area contributed by atoms with E-state index in [1.165, 1.54) is 22.9 Å². The Morgan fingerprint density at radius 1 is 1.28 bits per heavy atom. The number of nitrogens with one attached hydrogen (secondary N) is 1. The lowest BCUT2D eigenvalue weighted by Crippen LogP contribution is -2.43. The van der Waals surface area contributed by atoms with Gasteiger partial charge in [-0.05, 0) is 63.3 Å². The van der Waals surface area contributed by atoms with E-state index in [2.05, 4.69) is 45.1 Å². The number of carbonyl (C=O) groups is 1. The summed E-state index contributed by atoms with van der Waals surface area (Å²) in [5.74, 6) is -0.268. The second kappa shape index (κ2) is 6.82. The van der Waals surface area contributed by atoms with Crippen molar-refractivity contribution in [3.05, 3.63) is 43.4 Å². The van der Waals surface area contributed by atoms with E-state index in [4.69, 9.17) is 17.0 Å². The van der Waals surface area contributed by atoms with Gasteiger partial charge in [0, 0.05) is 21.7 Å². The fraction of sp³-hybridized carbons (Fsp3) is 0.368. The van der Waals surface area contributed by atoms with E-state index < -0.39 is 0 Å². The fourth-order valence-corrected chi connectivity index (χ4v) is 5.45. The van der Waals surface area contributed by atoms with Crippen molar-refractivity contribution in [2.45, 2.75) is 40.2 Å². The molecule has 1 aromatic rings. The van der Waals surface area contributed by atoms with Crippen molar-refractivity contribution in [1.82, 2.24) is 0 Å². The first-order valence-corrected chi connectivity index (χ1v) is 10.3. The Hall–Kier alpha value is -1.24. The predicted octanol–water partition coefficient (Wildman–Crippen LogP) is 5.43. The number of benzene rings is 1. The summed E-state index contributed by atoms with van der Waals surface area (Å²) in [7, 11) is 0. The average Bonchev–Trinajstić information content (AvgIpc) is 3.01. The normalized spacial score (nSPS) is 21.5. The van der Waals surface area contributed by atoms with Gasteiger partial charge < -0.3 is 10.1 Å². The third-order valence-electron chi connectivity index (χ3n) is 4.30. The maximum Gasteiger partial charge on any atom is 0.345 e. The highest BCUT2D eigenvalue weighted by Crippen LogP contribution is 2.51. The van der Waals surface area contributed by atoms with E-state index in [-0.39, 0.29) is 11.5 Å². The summed E-state index contributed by atoms with van der Waals surface area (Å²) in [6.07, 6.45) is 0. The summed E-state index contributed by atoms with van der Waals surface area (Å²) >= 11 is 8.83. The van der Waals surface area contributed by atoms with Crippen LogP contribution in [-0.4, -0.2) is 23.0 Å². The summed E-state index contributed by atoms with van der Waals surface area (Å²) in [6, 6.07) is 4.36. The summed E-state index contributed by atoms with van der Waals surface area (Å²) in [5, 5.41) is 5.42. The minimum atomic E-state index is -0.319. The first-order chi connectivity index (χ1) is 11.7. The highest BCUT2D eigenvalue weighted by Gasteiger charge is 2.37. The van der Waals surface area contributed by atoms with E-state index >= 15 is 0 Å². The number of hydrogen-bond acceptors (Lipinski definition) is 6. The Labute approximate surface area is 162 Å². The molecule has 1 aromatic carbocycles. The van der Waals surface area contributed by atoms with E-state index in [0.29, 0.717) is 11.5 Å². The van der Waals surface area contributed by atoms with Gasteiger partial charge in [-0.25, -0.2) is 4.79 Å². The van der Waals surface area contributed by atoms with Gasteiger partial charge in [0.25, 0.3) is 0 Å². The molecule has 2 aliphatic rings. The number of esters is 1. The van der Waals surface area contributed by atoms with Gasteiger partial charge in [0.15, 0.2) is 0 Å². The van der Waals surface area contributed by atoms with Crippen LogP contribution in [0.4, 0.5) is 5.69 Å². The molecule has 132 valence electrons. The third kappa shape index (κ3) is 3.39. The van der Waals surface area contributed by atoms with E-state index in [1.807, 2.05) is 12.3 Å². The molecule has 3 nitrogen and oxygen atoms in total. The number of carbonyl (C=O) groups excluding carboxylic acids is 1. The van der Waals surface area contributed by atoms with Crippen LogP contribution in [0.15, 0.2) is 26.7 Å². The highest BCUT2D eigenvalue weighted by atomic mass is 32.2. The minimum Gasteiger partial charge on any atom is -0.462 e. The van der Waals surface area contributed by atoms with Crippen LogP contribution in [-0.2, 0) is 9.53 Å². The molecule has 0 atom stereocenters. The van der Waals surface area contributed by atoms with Crippen molar-refractivity contribution in [2.75, 3.05) is 11.9 Å². The lowest BCUT2D eigenvalue weighted by molar-refractivity contribution is -0.137. The topological polar surface area (TPSA) is 38.3 Å². The maximum atomic E-state index is 12.0. The summed E-state index contributed by atoms with van der Waals surface area (Å²) in [4.78, 5) is 13.5. The van der Waals surface area contributed by atoms with Crippen molar-refractivity contribution < 1.29 is 9.53 Å². The van der Waals surface area contributed by atoms with E-state index in [1.54, 1.807) is 11.8 Å². The van der Waals surface area contributed by atoms with Crippen molar-refractivity contribution in [3.8, 4) is 0 Å². The molecule has 0 amide bonds. The molecule has 0 aromatic heterocycles. The molecular weight excluding hydrogens is 370 g/mol. The molecule has 3 rings (SSSR count). The summed E-state index contributed by atoms with van der Waals surface area (Å²) in [5.41, 5.74) is 5.42. The Balaban J connectivity index is 2.09. The van der Waals surface area contributed by atoms with Crippen molar-refractivity contribution >= 4 is 57.8 Å². The van der Waals surface area contributed by atoms with Crippen molar-refractivity contribution in [3.63, 3.8) is 0 Å². The minimum absolute atomic E-state index is 0.268. The van der Waals surface area contributed by atoms with Crippen molar-refractivity contribution in [1.29, 1.82) is 0 Å². The van der Waals surface area contributed by atoms with Crippen LogP contribution in [0.1, 0.15) is 37.5 Å². The maximum absolute atomic E-state index is 12.0. The molecule has 2 aliphatic heterocycles. The molecule has 0 fully saturated rings. The van der Waals surface area contributed by atoms with Crippen LogP contribution in [0.25, 0.3) is 5.57 Å². The second-order valence-electron chi connectivity index (χ2n) is 6.65. The first kappa shape index (κ1) is 18.5. The number of thiocarbonyl (C=S) groups is 1. The van der Waals surface area contributed by atoms with E-state index in [9.17, 15) is 4.79 Å². The number of ether oxygens (including phenoxy) is 1. The molecule has 0 spiro atoms. The van der Waals surface area contributed by atoms with Gasteiger partial charge in [-0.2, -0.15) is 0 Å². The van der Waals surface area contributed by atoms with Crippen LogP contribution in [0.2, 0.25) is 0 Å². The molecule has 0 saturated carbocycles. The predicted molar refractivity (Wildman–Crippen MR) is 113 cm³/mol. The molecule has 6 heteroatoms. The van der Waals surface area contributed by atoms with Crippen LogP contribution in [0, 0.1) is 13.8 Å². The smallest absolute Gasteiger partial charge is 0.345 e. The molecule has 2 heterocycles.